The third-order valence-corrected chi connectivity index (χ3v) is 4.96. The first-order valence-corrected chi connectivity index (χ1v) is 9.58. The van der Waals surface area contributed by atoms with E-state index in [0.29, 0.717) is 5.56 Å². The van der Waals surface area contributed by atoms with Crippen molar-refractivity contribution >= 4 is 28.2 Å². The molecule has 0 radical (unpaired) electrons. The number of fused-ring (bicyclic) bond motifs is 1. The van der Waals surface area contributed by atoms with Gasteiger partial charge in [0, 0.05) is 48.3 Å². The molecule has 1 N–H and O–H groups in total. The Kier molecular flexibility index (Phi) is 5.20. The molecule has 4 aromatic rings. The van der Waals surface area contributed by atoms with Crippen molar-refractivity contribution in [1.82, 2.24) is 9.97 Å². The van der Waals surface area contributed by atoms with Crippen molar-refractivity contribution in [1.29, 1.82) is 0 Å². The number of para-hydroxylation sites is 1. The number of nitrogens with one attached hydrogen (secondary N) is 1. The van der Waals surface area contributed by atoms with Gasteiger partial charge in [0.25, 0.3) is 5.91 Å². The van der Waals surface area contributed by atoms with Crippen molar-refractivity contribution < 1.29 is 4.79 Å². The Morgan fingerprint density at radius 1 is 1.00 bits per heavy atom. The molecule has 0 saturated heterocycles. The fourth-order valence-electron chi connectivity index (χ4n) is 3.24. The van der Waals surface area contributed by atoms with Gasteiger partial charge < -0.3 is 10.2 Å². The van der Waals surface area contributed by atoms with Crippen LogP contribution in [0.1, 0.15) is 17.3 Å². The normalized spacial score (nSPS) is 10.7. The van der Waals surface area contributed by atoms with Gasteiger partial charge in [0.2, 0.25) is 0 Å². The van der Waals surface area contributed by atoms with Gasteiger partial charge in [0.1, 0.15) is 0 Å². The molecule has 0 fully saturated rings. The van der Waals surface area contributed by atoms with Crippen LogP contribution in [0.3, 0.4) is 0 Å². The van der Waals surface area contributed by atoms with Gasteiger partial charge >= 0.3 is 0 Å². The topological polar surface area (TPSA) is 58.1 Å². The number of carbonyl (C=O) groups excluding carboxylic acids is 1. The summed E-state index contributed by atoms with van der Waals surface area (Å²) < 4.78 is 0. The molecule has 0 atom stereocenters. The zero-order valence-corrected chi connectivity index (χ0v) is 16.5. The fourth-order valence-corrected chi connectivity index (χ4v) is 3.24. The maximum atomic E-state index is 13.2. The molecule has 0 aliphatic rings. The summed E-state index contributed by atoms with van der Waals surface area (Å²) in [6.07, 6.45) is 3.45. The van der Waals surface area contributed by atoms with Crippen LogP contribution >= 0.6 is 0 Å². The van der Waals surface area contributed by atoms with Gasteiger partial charge in [-0.3, -0.25) is 9.78 Å². The van der Waals surface area contributed by atoms with Crippen molar-refractivity contribution in [3.8, 4) is 11.3 Å². The Morgan fingerprint density at radius 3 is 2.59 bits per heavy atom. The second-order valence-electron chi connectivity index (χ2n) is 6.83. The molecule has 0 spiro atoms. The zero-order chi connectivity index (χ0) is 20.2. The van der Waals surface area contributed by atoms with Crippen LogP contribution in [0.15, 0.2) is 79.1 Å². The summed E-state index contributed by atoms with van der Waals surface area (Å²) in [4.78, 5) is 24.1. The molecule has 5 heteroatoms. The van der Waals surface area contributed by atoms with Crippen molar-refractivity contribution in [2.75, 3.05) is 23.8 Å². The van der Waals surface area contributed by atoms with Gasteiger partial charge in [-0.1, -0.05) is 24.3 Å². The van der Waals surface area contributed by atoms with E-state index in [9.17, 15) is 4.79 Å². The van der Waals surface area contributed by atoms with E-state index in [1.807, 2.05) is 73.8 Å². The SMILES string of the molecule is CCN(C)c1cccc(NC(=O)c2cc(-c3ccncc3)nc3ccccc23)c1. The van der Waals surface area contributed by atoms with E-state index < -0.39 is 0 Å². The average Bonchev–Trinajstić information content (AvgIpc) is 2.78. The molecule has 1 amide bonds. The molecule has 0 unspecified atom stereocenters. The van der Waals surface area contributed by atoms with Crippen LogP contribution in [0.4, 0.5) is 11.4 Å². The van der Waals surface area contributed by atoms with Gasteiger partial charge in [-0.2, -0.15) is 0 Å². The van der Waals surface area contributed by atoms with Crippen LogP contribution in [-0.2, 0) is 0 Å². The molecule has 0 saturated carbocycles. The third-order valence-electron chi connectivity index (χ3n) is 4.96. The van der Waals surface area contributed by atoms with Crippen LogP contribution < -0.4 is 10.2 Å². The minimum absolute atomic E-state index is 0.157. The van der Waals surface area contributed by atoms with Gasteiger partial charge in [0.05, 0.1) is 16.8 Å². The first-order chi connectivity index (χ1) is 14.2. The number of amides is 1. The zero-order valence-electron chi connectivity index (χ0n) is 16.5. The quantitative estimate of drug-likeness (QED) is 0.527. The number of carbonyl (C=O) groups is 1. The number of anilines is 2. The Balaban J connectivity index is 1.74. The highest BCUT2D eigenvalue weighted by Crippen LogP contribution is 2.26. The summed E-state index contributed by atoms with van der Waals surface area (Å²) in [6, 6.07) is 21.2. The van der Waals surface area contributed by atoms with E-state index >= 15 is 0 Å². The maximum Gasteiger partial charge on any atom is 0.256 e. The molecule has 144 valence electrons. The Morgan fingerprint density at radius 2 is 1.79 bits per heavy atom. The van der Waals surface area contributed by atoms with Crippen molar-refractivity contribution in [2.24, 2.45) is 0 Å². The minimum atomic E-state index is -0.157. The van der Waals surface area contributed by atoms with Crippen molar-refractivity contribution in [2.45, 2.75) is 6.92 Å². The number of benzene rings is 2. The number of rotatable bonds is 5. The second kappa shape index (κ2) is 8.10. The first kappa shape index (κ1) is 18.6. The van der Waals surface area contributed by atoms with E-state index in [1.54, 1.807) is 12.4 Å². The van der Waals surface area contributed by atoms with Gasteiger partial charge in [-0.05, 0) is 49.4 Å². The van der Waals surface area contributed by atoms with E-state index in [-0.39, 0.29) is 5.91 Å². The molecule has 0 bridgehead atoms. The number of nitrogens with zero attached hydrogens (tertiary/aromatic N) is 3. The smallest absolute Gasteiger partial charge is 0.256 e. The lowest BCUT2D eigenvalue weighted by molar-refractivity contribution is 0.102. The van der Waals surface area contributed by atoms with Crippen LogP contribution in [-0.4, -0.2) is 29.5 Å². The Labute approximate surface area is 170 Å². The summed E-state index contributed by atoms with van der Waals surface area (Å²) in [6.45, 7) is 2.98. The lowest BCUT2D eigenvalue weighted by atomic mass is 10.0. The number of aromatic nitrogens is 2. The predicted octanol–water partition coefficient (Wildman–Crippen LogP) is 5.01. The van der Waals surface area contributed by atoms with E-state index in [1.165, 1.54) is 0 Å². The highest BCUT2D eigenvalue weighted by Gasteiger charge is 2.14. The Hall–Kier alpha value is -3.73. The summed E-state index contributed by atoms with van der Waals surface area (Å²) in [5.74, 6) is -0.157. The monoisotopic (exact) mass is 382 g/mol. The van der Waals surface area contributed by atoms with Gasteiger partial charge in [0.15, 0.2) is 0 Å². The van der Waals surface area contributed by atoms with E-state index in [2.05, 4.69) is 22.1 Å². The lowest BCUT2D eigenvalue weighted by Gasteiger charge is -2.18. The number of pyridine rings is 2. The largest absolute Gasteiger partial charge is 0.375 e. The highest BCUT2D eigenvalue weighted by atomic mass is 16.1. The molecule has 29 heavy (non-hydrogen) atoms. The summed E-state index contributed by atoms with van der Waals surface area (Å²) >= 11 is 0. The van der Waals surface area contributed by atoms with E-state index in [4.69, 9.17) is 4.98 Å². The minimum Gasteiger partial charge on any atom is -0.375 e. The number of hydrogen-bond donors (Lipinski definition) is 1. The van der Waals surface area contributed by atoms with Crippen molar-refractivity contribution in [3.05, 3.63) is 84.7 Å². The highest BCUT2D eigenvalue weighted by molar-refractivity contribution is 6.13. The molecule has 2 heterocycles. The van der Waals surface area contributed by atoms with Crippen LogP contribution in [0.5, 0.6) is 0 Å². The number of hydrogen-bond acceptors (Lipinski definition) is 4. The fraction of sp³-hybridized carbons (Fsp3) is 0.125. The van der Waals surface area contributed by atoms with E-state index in [0.717, 1.165) is 40.1 Å². The summed E-state index contributed by atoms with van der Waals surface area (Å²) in [5, 5.41) is 3.87. The summed E-state index contributed by atoms with van der Waals surface area (Å²) in [7, 11) is 2.03. The third kappa shape index (κ3) is 3.94. The maximum absolute atomic E-state index is 13.2. The van der Waals surface area contributed by atoms with Crippen LogP contribution in [0, 0.1) is 0 Å². The first-order valence-electron chi connectivity index (χ1n) is 9.58. The molecule has 2 aromatic heterocycles. The van der Waals surface area contributed by atoms with Crippen LogP contribution in [0.25, 0.3) is 22.2 Å². The average molecular weight is 382 g/mol. The molecule has 0 aliphatic carbocycles. The Bertz CT molecular complexity index is 1160. The van der Waals surface area contributed by atoms with Gasteiger partial charge in [-0.25, -0.2) is 4.98 Å². The van der Waals surface area contributed by atoms with Gasteiger partial charge in [-0.15, -0.1) is 0 Å². The predicted molar refractivity (Wildman–Crippen MR) is 118 cm³/mol. The molecule has 0 aliphatic heterocycles. The molecular weight excluding hydrogens is 360 g/mol. The summed E-state index contributed by atoms with van der Waals surface area (Å²) in [5.41, 5.74) is 4.87. The standard InChI is InChI=1S/C24H22N4O/c1-3-28(2)19-8-6-7-18(15-19)26-24(29)21-16-23(17-11-13-25-14-12-17)27-22-10-5-4-9-20(21)22/h4-16H,3H2,1-2H3,(H,26,29). The van der Waals surface area contributed by atoms with Crippen molar-refractivity contribution in [3.63, 3.8) is 0 Å². The molecule has 2 aromatic carbocycles. The molecular formula is C24H22N4O. The lowest BCUT2D eigenvalue weighted by Crippen LogP contribution is -2.17. The second-order valence-corrected chi connectivity index (χ2v) is 6.83. The molecule has 5 nitrogen and oxygen atoms in total. The molecule has 4 rings (SSSR count). The van der Waals surface area contributed by atoms with Crippen LogP contribution in [0.2, 0.25) is 0 Å².